The number of hydrogen-bond donors (Lipinski definition) is 2. The van der Waals surface area contributed by atoms with Crippen molar-refractivity contribution in [1.82, 2.24) is 5.32 Å². The third kappa shape index (κ3) is 4.11. The molecule has 1 atom stereocenters. The third-order valence-electron chi connectivity index (χ3n) is 2.84. The molecule has 0 bridgehead atoms. The van der Waals surface area contributed by atoms with Crippen LogP contribution in [0.5, 0.6) is 5.75 Å². The van der Waals surface area contributed by atoms with Crippen molar-refractivity contribution in [3.8, 4) is 5.75 Å². The van der Waals surface area contributed by atoms with Crippen LogP contribution in [0.1, 0.15) is 22.0 Å². The van der Waals surface area contributed by atoms with Crippen molar-refractivity contribution in [2.75, 3.05) is 13.7 Å². The summed E-state index contributed by atoms with van der Waals surface area (Å²) in [7, 11) is 1.55. The van der Waals surface area contributed by atoms with E-state index in [4.69, 9.17) is 27.9 Å². The first-order valence-electron chi connectivity index (χ1n) is 6.06. The molecule has 0 aliphatic carbocycles. The average Bonchev–Trinajstić information content (AvgIpc) is 2.83. The molecule has 1 aromatic carbocycles. The Hall–Kier alpha value is -1.27. The maximum Gasteiger partial charge on any atom is 0.253 e. The van der Waals surface area contributed by atoms with Crippen LogP contribution in [0, 0.1) is 0 Å². The lowest BCUT2D eigenvalue weighted by Gasteiger charge is -2.13. The Morgan fingerprint density at radius 3 is 2.81 bits per heavy atom. The molecule has 1 unspecified atom stereocenters. The molecule has 4 nitrogen and oxygen atoms in total. The number of rotatable bonds is 5. The van der Waals surface area contributed by atoms with E-state index < -0.39 is 6.10 Å². The van der Waals surface area contributed by atoms with E-state index in [1.54, 1.807) is 31.4 Å². The van der Waals surface area contributed by atoms with Crippen molar-refractivity contribution in [2.45, 2.75) is 6.10 Å². The monoisotopic (exact) mass is 345 g/mol. The summed E-state index contributed by atoms with van der Waals surface area (Å²) in [4.78, 5) is 12.0. The first kappa shape index (κ1) is 16.1. The number of halogens is 2. The van der Waals surface area contributed by atoms with E-state index in [-0.39, 0.29) is 12.5 Å². The van der Waals surface area contributed by atoms with Gasteiger partial charge in [0.2, 0.25) is 0 Å². The Kier molecular flexibility index (Phi) is 5.47. The summed E-state index contributed by atoms with van der Waals surface area (Å²) < 4.78 is 5.86. The van der Waals surface area contributed by atoms with Crippen LogP contribution in [0.3, 0.4) is 0 Å². The Balaban J connectivity index is 1.98. The van der Waals surface area contributed by atoms with Crippen LogP contribution < -0.4 is 10.1 Å². The van der Waals surface area contributed by atoms with Crippen molar-refractivity contribution < 1.29 is 14.6 Å². The lowest BCUT2D eigenvalue weighted by atomic mass is 10.1. The van der Waals surface area contributed by atoms with Gasteiger partial charge in [0.25, 0.3) is 5.91 Å². The molecular formula is C14H13Cl2NO3S. The number of carbonyl (C=O) groups excluding carboxylic acids is 1. The van der Waals surface area contributed by atoms with Gasteiger partial charge in [-0.3, -0.25) is 4.79 Å². The molecule has 112 valence electrons. The summed E-state index contributed by atoms with van der Waals surface area (Å²) in [5.41, 5.74) is 0.966. The lowest BCUT2D eigenvalue weighted by molar-refractivity contribution is 0.0917. The number of hydrogen-bond acceptors (Lipinski definition) is 4. The molecule has 0 radical (unpaired) electrons. The maximum atomic E-state index is 12.0. The van der Waals surface area contributed by atoms with Gasteiger partial charge in [-0.05, 0) is 23.8 Å². The van der Waals surface area contributed by atoms with Gasteiger partial charge in [-0.15, -0.1) is 11.3 Å². The first-order chi connectivity index (χ1) is 10.0. The quantitative estimate of drug-likeness (QED) is 0.871. The average molecular weight is 346 g/mol. The van der Waals surface area contributed by atoms with Gasteiger partial charge in [0.1, 0.15) is 10.1 Å². The van der Waals surface area contributed by atoms with Crippen molar-refractivity contribution >= 4 is 40.4 Å². The van der Waals surface area contributed by atoms with Crippen LogP contribution in [0.15, 0.2) is 30.3 Å². The normalized spacial score (nSPS) is 12.0. The molecule has 0 saturated heterocycles. The summed E-state index contributed by atoms with van der Waals surface area (Å²) in [5, 5.41) is 12.7. The molecule has 7 heteroatoms. The van der Waals surface area contributed by atoms with Gasteiger partial charge in [-0.25, -0.2) is 0 Å². The number of benzene rings is 1. The van der Waals surface area contributed by atoms with E-state index in [1.165, 1.54) is 6.07 Å². The fourth-order valence-corrected chi connectivity index (χ4v) is 3.20. The largest absolute Gasteiger partial charge is 0.497 e. The minimum absolute atomic E-state index is 0.0653. The van der Waals surface area contributed by atoms with Crippen molar-refractivity contribution in [2.24, 2.45) is 0 Å². The molecular weight excluding hydrogens is 333 g/mol. The lowest BCUT2D eigenvalue weighted by Crippen LogP contribution is -2.28. The van der Waals surface area contributed by atoms with Gasteiger partial charge in [-0.2, -0.15) is 0 Å². The van der Waals surface area contributed by atoms with Gasteiger partial charge in [0, 0.05) is 6.54 Å². The number of aliphatic hydroxyl groups excluding tert-OH is 1. The molecule has 0 spiro atoms. The molecule has 0 saturated carbocycles. The van der Waals surface area contributed by atoms with E-state index in [1.807, 2.05) is 0 Å². The second-order valence-electron chi connectivity index (χ2n) is 4.24. The van der Waals surface area contributed by atoms with Crippen LogP contribution in [0.4, 0.5) is 0 Å². The standard InChI is InChI=1S/C14H13Cl2NO3S/c1-20-9-4-2-3-8(5-9)11(18)7-17-14(19)10-6-12(15)21-13(10)16/h2-6,11,18H,7H2,1H3,(H,17,19). The van der Waals surface area contributed by atoms with Crippen LogP contribution in [-0.2, 0) is 0 Å². The number of ether oxygens (including phenoxy) is 1. The Bertz CT molecular complexity index is 645. The highest BCUT2D eigenvalue weighted by Gasteiger charge is 2.16. The van der Waals surface area contributed by atoms with E-state index >= 15 is 0 Å². The number of carbonyl (C=O) groups is 1. The van der Waals surface area contributed by atoms with Crippen LogP contribution >= 0.6 is 34.5 Å². The molecule has 1 aromatic heterocycles. The van der Waals surface area contributed by atoms with Gasteiger partial charge in [-0.1, -0.05) is 35.3 Å². The predicted octanol–water partition coefficient (Wildman–Crippen LogP) is 3.53. The van der Waals surface area contributed by atoms with E-state index in [9.17, 15) is 9.90 Å². The smallest absolute Gasteiger partial charge is 0.253 e. The number of methoxy groups -OCH3 is 1. The second kappa shape index (κ2) is 7.13. The van der Waals surface area contributed by atoms with Gasteiger partial charge < -0.3 is 15.2 Å². The van der Waals surface area contributed by atoms with E-state index in [0.29, 0.717) is 25.5 Å². The fraction of sp³-hybridized carbons (Fsp3) is 0.214. The zero-order chi connectivity index (χ0) is 15.4. The minimum atomic E-state index is -0.836. The van der Waals surface area contributed by atoms with Crippen molar-refractivity contribution in [3.05, 3.63) is 50.1 Å². The predicted molar refractivity (Wildman–Crippen MR) is 84.6 cm³/mol. The molecule has 21 heavy (non-hydrogen) atoms. The number of aliphatic hydroxyl groups is 1. The van der Waals surface area contributed by atoms with Crippen molar-refractivity contribution in [3.63, 3.8) is 0 Å². The number of amides is 1. The van der Waals surface area contributed by atoms with Crippen LogP contribution in [0.2, 0.25) is 8.67 Å². The van der Waals surface area contributed by atoms with Crippen LogP contribution in [0.25, 0.3) is 0 Å². The first-order valence-corrected chi connectivity index (χ1v) is 7.63. The molecule has 2 aromatic rings. The van der Waals surface area contributed by atoms with Gasteiger partial charge in [0.15, 0.2) is 0 Å². The van der Waals surface area contributed by atoms with Crippen LogP contribution in [-0.4, -0.2) is 24.7 Å². The summed E-state index contributed by atoms with van der Waals surface area (Å²) in [6.07, 6.45) is -0.836. The topological polar surface area (TPSA) is 58.6 Å². The molecule has 2 rings (SSSR count). The summed E-state index contributed by atoms with van der Waals surface area (Å²) in [5.74, 6) is 0.274. The second-order valence-corrected chi connectivity index (χ2v) is 6.53. The Morgan fingerprint density at radius 1 is 1.43 bits per heavy atom. The highest BCUT2D eigenvalue weighted by Crippen LogP contribution is 2.31. The minimum Gasteiger partial charge on any atom is -0.497 e. The van der Waals surface area contributed by atoms with Gasteiger partial charge in [0.05, 0.1) is 23.1 Å². The van der Waals surface area contributed by atoms with E-state index in [0.717, 1.165) is 11.3 Å². The Morgan fingerprint density at radius 2 is 2.19 bits per heavy atom. The Labute approximate surface area is 136 Å². The highest BCUT2D eigenvalue weighted by molar-refractivity contribution is 7.20. The summed E-state index contributed by atoms with van der Waals surface area (Å²) in [6, 6.07) is 8.53. The molecule has 1 heterocycles. The zero-order valence-corrected chi connectivity index (χ0v) is 13.4. The number of nitrogens with one attached hydrogen (secondary N) is 1. The fourth-order valence-electron chi connectivity index (χ4n) is 1.75. The summed E-state index contributed by atoms with van der Waals surface area (Å²) >= 11 is 12.8. The molecule has 2 N–H and O–H groups in total. The third-order valence-corrected chi connectivity index (χ3v) is 4.32. The number of thiophene rings is 1. The van der Waals surface area contributed by atoms with Gasteiger partial charge >= 0.3 is 0 Å². The molecule has 1 amide bonds. The van der Waals surface area contributed by atoms with E-state index in [2.05, 4.69) is 5.32 Å². The summed E-state index contributed by atoms with van der Waals surface area (Å²) in [6.45, 7) is 0.0653. The zero-order valence-electron chi connectivity index (χ0n) is 11.1. The van der Waals surface area contributed by atoms with Crippen molar-refractivity contribution in [1.29, 1.82) is 0 Å². The molecule has 0 aliphatic heterocycles. The molecule has 0 fully saturated rings. The maximum absolute atomic E-state index is 12.0. The SMILES string of the molecule is COc1cccc(C(O)CNC(=O)c2cc(Cl)sc2Cl)c1. The molecule has 0 aliphatic rings. The highest BCUT2D eigenvalue weighted by atomic mass is 35.5.